The summed E-state index contributed by atoms with van der Waals surface area (Å²) < 4.78 is 0. The van der Waals surface area contributed by atoms with E-state index >= 15 is 0 Å². The number of carbonyl (C=O) groups excluding carboxylic acids is 1. The maximum Gasteiger partial charge on any atom is 0.251 e. The Hall–Kier alpha value is -1.39. The molecule has 1 rings (SSSR count). The second-order valence-corrected chi connectivity index (χ2v) is 5.45. The largest absolute Gasteiger partial charge is 0.350 e. The van der Waals surface area contributed by atoms with E-state index in [1.807, 2.05) is 24.3 Å². The smallest absolute Gasteiger partial charge is 0.251 e. The van der Waals surface area contributed by atoms with Gasteiger partial charge in [0.2, 0.25) is 0 Å². The van der Waals surface area contributed by atoms with Crippen molar-refractivity contribution >= 4 is 5.91 Å². The van der Waals surface area contributed by atoms with Crippen LogP contribution in [0.4, 0.5) is 0 Å². The summed E-state index contributed by atoms with van der Waals surface area (Å²) in [7, 11) is 0. The van der Waals surface area contributed by atoms with E-state index in [9.17, 15) is 4.79 Å². The number of rotatable bonds is 9. The fraction of sp³-hybridized carbons (Fsp3) is 0.588. The van der Waals surface area contributed by atoms with Crippen LogP contribution < -0.4 is 11.1 Å². The first kappa shape index (κ1) is 17.7. The van der Waals surface area contributed by atoms with E-state index in [-0.39, 0.29) is 11.9 Å². The molecule has 0 aliphatic carbocycles. The van der Waals surface area contributed by atoms with Gasteiger partial charge in [0.1, 0.15) is 0 Å². The molecule has 1 aromatic carbocycles. The van der Waals surface area contributed by atoms with Gasteiger partial charge in [-0.05, 0) is 57.1 Å². The minimum atomic E-state index is -0.0133. The Morgan fingerprint density at radius 1 is 1.33 bits per heavy atom. The van der Waals surface area contributed by atoms with Crippen LogP contribution >= 0.6 is 0 Å². The fourth-order valence-electron chi connectivity index (χ4n) is 2.38. The van der Waals surface area contributed by atoms with E-state index in [4.69, 9.17) is 5.73 Å². The number of amides is 1. The molecule has 0 bridgehead atoms. The molecule has 0 aromatic heterocycles. The Morgan fingerprint density at radius 2 is 2.05 bits per heavy atom. The van der Waals surface area contributed by atoms with E-state index in [1.54, 1.807) is 0 Å². The molecule has 0 aliphatic heterocycles. The van der Waals surface area contributed by atoms with Crippen molar-refractivity contribution in [2.75, 3.05) is 19.6 Å². The summed E-state index contributed by atoms with van der Waals surface area (Å²) in [6, 6.07) is 7.69. The zero-order chi connectivity index (χ0) is 15.7. The van der Waals surface area contributed by atoms with Gasteiger partial charge < -0.3 is 16.0 Å². The molecule has 4 nitrogen and oxygen atoms in total. The zero-order valence-corrected chi connectivity index (χ0v) is 13.6. The molecule has 0 radical (unpaired) electrons. The lowest BCUT2D eigenvalue weighted by Crippen LogP contribution is -2.33. The number of benzene rings is 1. The van der Waals surface area contributed by atoms with Gasteiger partial charge in [0, 0.05) is 18.2 Å². The van der Waals surface area contributed by atoms with E-state index in [2.05, 4.69) is 31.0 Å². The molecular weight excluding hydrogens is 262 g/mol. The predicted octanol–water partition coefficient (Wildman–Crippen LogP) is 2.39. The van der Waals surface area contributed by atoms with Gasteiger partial charge in [-0.2, -0.15) is 0 Å². The molecule has 1 unspecified atom stereocenters. The minimum Gasteiger partial charge on any atom is -0.350 e. The molecule has 0 aliphatic rings. The second kappa shape index (κ2) is 9.53. The van der Waals surface area contributed by atoms with Gasteiger partial charge in [0.15, 0.2) is 0 Å². The average Bonchev–Trinajstić information content (AvgIpc) is 2.51. The maximum absolute atomic E-state index is 12.2. The van der Waals surface area contributed by atoms with Gasteiger partial charge in [-0.1, -0.05) is 26.0 Å². The quantitative estimate of drug-likeness (QED) is 0.734. The van der Waals surface area contributed by atoms with E-state index < -0.39 is 0 Å². The van der Waals surface area contributed by atoms with Crippen molar-refractivity contribution < 1.29 is 4.79 Å². The van der Waals surface area contributed by atoms with E-state index in [1.165, 1.54) is 0 Å². The molecule has 0 saturated carbocycles. The highest BCUT2D eigenvalue weighted by Gasteiger charge is 2.10. The van der Waals surface area contributed by atoms with Crippen LogP contribution in [0.3, 0.4) is 0 Å². The number of nitrogens with one attached hydrogen (secondary N) is 1. The number of carbonyl (C=O) groups is 1. The molecular formula is C17H29N3O. The summed E-state index contributed by atoms with van der Waals surface area (Å²) in [5, 5.41) is 3.06. The third-order valence-electron chi connectivity index (χ3n) is 3.81. The predicted molar refractivity (Wildman–Crippen MR) is 88.3 cm³/mol. The first-order valence-corrected chi connectivity index (χ1v) is 7.92. The van der Waals surface area contributed by atoms with Crippen molar-refractivity contribution in [3.8, 4) is 0 Å². The topological polar surface area (TPSA) is 58.4 Å². The Bertz CT molecular complexity index is 430. The fourth-order valence-corrected chi connectivity index (χ4v) is 2.38. The first-order chi connectivity index (χ1) is 10.1. The highest BCUT2D eigenvalue weighted by Crippen LogP contribution is 2.06. The van der Waals surface area contributed by atoms with Crippen LogP contribution in [0.2, 0.25) is 0 Å². The first-order valence-electron chi connectivity index (χ1n) is 7.92. The van der Waals surface area contributed by atoms with Crippen LogP contribution in [0.5, 0.6) is 0 Å². The van der Waals surface area contributed by atoms with E-state index in [0.717, 1.165) is 38.0 Å². The van der Waals surface area contributed by atoms with Crippen molar-refractivity contribution in [2.24, 2.45) is 5.73 Å². The SMILES string of the molecule is CCN(CC)CCCC(C)NC(=O)c1cccc(CN)c1. The monoisotopic (exact) mass is 291 g/mol. The van der Waals surface area contributed by atoms with Crippen LogP contribution in [-0.4, -0.2) is 36.5 Å². The average molecular weight is 291 g/mol. The summed E-state index contributed by atoms with van der Waals surface area (Å²) in [4.78, 5) is 14.6. The minimum absolute atomic E-state index is 0.0133. The molecule has 3 N–H and O–H groups in total. The van der Waals surface area contributed by atoms with Gasteiger partial charge in [-0.3, -0.25) is 4.79 Å². The van der Waals surface area contributed by atoms with Crippen molar-refractivity contribution in [3.05, 3.63) is 35.4 Å². The zero-order valence-electron chi connectivity index (χ0n) is 13.6. The van der Waals surface area contributed by atoms with E-state index in [0.29, 0.717) is 12.1 Å². The van der Waals surface area contributed by atoms with Crippen molar-refractivity contribution in [3.63, 3.8) is 0 Å². The summed E-state index contributed by atoms with van der Waals surface area (Å²) in [6.45, 7) is 10.1. The van der Waals surface area contributed by atoms with Crippen molar-refractivity contribution in [1.29, 1.82) is 0 Å². The number of nitrogens with zero attached hydrogens (tertiary/aromatic N) is 1. The molecule has 4 heteroatoms. The number of hydrogen-bond donors (Lipinski definition) is 2. The van der Waals surface area contributed by atoms with Crippen molar-refractivity contribution in [1.82, 2.24) is 10.2 Å². The summed E-state index contributed by atoms with van der Waals surface area (Å²) >= 11 is 0. The Labute approximate surface area is 128 Å². The van der Waals surface area contributed by atoms with Gasteiger partial charge in [0.25, 0.3) is 5.91 Å². The van der Waals surface area contributed by atoms with Crippen LogP contribution in [-0.2, 0) is 6.54 Å². The Morgan fingerprint density at radius 3 is 2.67 bits per heavy atom. The van der Waals surface area contributed by atoms with Gasteiger partial charge in [-0.25, -0.2) is 0 Å². The third kappa shape index (κ3) is 6.27. The standard InChI is InChI=1S/C17H29N3O/c1-4-20(5-2)11-7-8-14(3)19-17(21)16-10-6-9-15(12-16)13-18/h6,9-10,12,14H,4-5,7-8,11,13,18H2,1-3H3,(H,19,21). The number of nitrogens with two attached hydrogens (primary N) is 1. The second-order valence-electron chi connectivity index (χ2n) is 5.45. The highest BCUT2D eigenvalue weighted by molar-refractivity contribution is 5.94. The van der Waals surface area contributed by atoms with Crippen LogP contribution in [0.1, 0.15) is 49.5 Å². The summed E-state index contributed by atoms with van der Waals surface area (Å²) in [5.74, 6) is -0.0133. The molecule has 0 heterocycles. The van der Waals surface area contributed by atoms with Gasteiger partial charge >= 0.3 is 0 Å². The Balaban J connectivity index is 2.39. The molecule has 0 spiro atoms. The van der Waals surface area contributed by atoms with Gasteiger partial charge in [0.05, 0.1) is 0 Å². The number of hydrogen-bond acceptors (Lipinski definition) is 3. The van der Waals surface area contributed by atoms with Crippen LogP contribution in [0.15, 0.2) is 24.3 Å². The molecule has 0 saturated heterocycles. The lowest BCUT2D eigenvalue weighted by atomic mass is 10.1. The third-order valence-corrected chi connectivity index (χ3v) is 3.81. The van der Waals surface area contributed by atoms with Crippen molar-refractivity contribution in [2.45, 2.75) is 46.2 Å². The Kier molecular flexibility index (Phi) is 8.01. The molecule has 21 heavy (non-hydrogen) atoms. The molecule has 0 fully saturated rings. The summed E-state index contributed by atoms with van der Waals surface area (Å²) in [5.41, 5.74) is 7.28. The molecule has 1 aromatic rings. The lowest BCUT2D eigenvalue weighted by Gasteiger charge is -2.19. The van der Waals surface area contributed by atoms with Crippen LogP contribution in [0.25, 0.3) is 0 Å². The van der Waals surface area contributed by atoms with Crippen LogP contribution in [0, 0.1) is 0 Å². The highest BCUT2D eigenvalue weighted by atomic mass is 16.1. The van der Waals surface area contributed by atoms with Gasteiger partial charge in [-0.15, -0.1) is 0 Å². The lowest BCUT2D eigenvalue weighted by molar-refractivity contribution is 0.0937. The molecule has 1 atom stereocenters. The molecule has 118 valence electrons. The molecule has 1 amide bonds. The maximum atomic E-state index is 12.2. The normalized spacial score (nSPS) is 12.4. The summed E-state index contributed by atoms with van der Waals surface area (Å²) in [6.07, 6.45) is 2.10.